The summed E-state index contributed by atoms with van der Waals surface area (Å²) in [6.45, 7) is 2.45. The lowest BCUT2D eigenvalue weighted by Gasteiger charge is -2.12. The summed E-state index contributed by atoms with van der Waals surface area (Å²) in [5.41, 5.74) is 9.14. The van der Waals surface area contributed by atoms with Crippen LogP contribution in [-0.4, -0.2) is 15.3 Å². The summed E-state index contributed by atoms with van der Waals surface area (Å²) in [5, 5.41) is 3.18. The number of amides is 1. The van der Waals surface area contributed by atoms with Gasteiger partial charge in [-0.1, -0.05) is 41.4 Å². The monoisotopic (exact) mass is 440 g/mol. The van der Waals surface area contributed by atoms with Gasteiger partial charge in [0.2, 0.25) is 11.5 Å². The van der Waals surface area contributed by atoms with Crippen LogP contribution in [0.25, 0.3) is 16.7 Å². The van der Waals surface area contributed by atoms with Crippen LogP contribution >= 0.6 is 0 Å². The zero-order chi connectivity index (χ0) is 22.9. The van der Waals surface area contributed by atoms with Crippen molar-refractivity contribution in [3.05, 3.63) is 106 Å². The standard InChI is InChI=1S/C25H21N5O3/c1-16-7-5-11-29-22(16)28-23-20(25(29)32)13-19(21(26)30(23)15-18-10-6-12-33-18)24(31)27-14-17-8-3-2-4-9-17/h2-13,26H,14-15H2,1H3,(H,27,31)/p+1. The molecule has 164 valence electrons. The summed E-state index contributed by atoms with van der Waals surface area (Å²) in [7, 11) is 0. The maximum absolute atomic E-state index is 13.4. The number of aromatic nitrogens is 3. The van der Waals surface area contributed by atoms with Crippen LogP contribution in [0.15, 0.2) is 82.3 Å². The van der Waals surface area contributed by atoms with Crippen LogP contribution in [0.3, 0.4) is 0 Å². The number of furan rings is 1. The van der Waals surface area contributed by atoms with Crippen LogP contribution in [0.2, 0.25) is 0 Å². The van der Waals surface area contributed by atoms with E-state index >= 15 is 0 Å². The molecule has 8 heteroatoms. The number of nitrogens with one attached hydrogen (secondary N) is 1. The van der Waals surface area contributed by atoms with Gasteiger partial charge in [0.05, 0.1) is 6.26 Å². The summed E-state index contributed by atoms with van der Waals surface area (Å²) < 4.78 is 8.64. The number of nitrogens with zero attached hydrogens (tertiary/aromatic N) is 3. The normalized spacial score (nSPS) is 11.2. The second-order valence-electron chi connectivity index (χ2n) is 7.82. The predicted octanol–water partition coefficient (Wildman–Crippen LogP) is 2.60. The quantitative estimate of drug-likeness (QED) is 0.323. The molecule has 1 aromatic carbocycles. The van der Waals surface area contributed by atoms with E-state index in [1.54, 1.807) is 35.2 Å². The van der Waals surface area contributed by atoms with Gasteiger partial charge in [0.15, 0.2) is 0 Å². The number of fused-ring (bicyclic) bond motifs is 2. The molecule has 33 heavy (non-hydrogen) atoms. The average Bonchev–Trinajstić information content (AvgIpc) is 3.34. The van der Waals surface area contributed by atoms with Gasteiger partial charge in [-0.25, -0.2) is 4.57 Å². The van der Waals surface area contributed by atoms with Gasteiger partial charge in [-0.05, 0) is 36.8 Å². The van der Waals surface area contributed by atoms with Crippen LogP contribution in [0.1, 0.15) is 27.2 Å². The fraction of sp³-hybridized carbons (Fsp3) is 0.120. The number of nitrogen functional groups attached to an aromatic ring is 1. The second-order valence-corrected chi connectivity index (χ2v) is 7.82. The Kier molecular flexibility index (Phi) is 5.10. The minimum absolute atomic E-state index is 0.203. The first-order chi connectivity index (χ1) is 16.0. The molecule has 0 unspecified atom stereocenters. The van der Waals surface area contributed by atoms with E-state index < -0.39 is 0 Å². The first-order valence-corrected chi connectivity index (χ1v) is 10.5. The lowest BCUT2D eigenvalue weighted by atomic mass is 10.1. The molecular weight excluding hydrogens is 418 g/mol. The molecule has 0 aliphatic heterocycles. The fourth-order valence-corrected chi connectivity index (χ4v) is 3.88. The Bertz CT molecular complexity index is 1540. The molecule has 0 spiro atoms. The van der Waals surface area contributed by atoms with Crippen molar-refractivity contribution in [1.29, 1.82) is 0 Å². The highest BCUT2D eigenvalue weighted by atomic mass is 16.3. The lowest BCUT2D eigenvalue weighted by Crippen LogP contribution is -2.43. The molecule has 0 saturated heterocycles. The van der Waals surface area contributed by atoms with Crippen LogP contribution in [0.5, 0.6) is 0 Å². The molecule has 4 heterocycles. The van der Waals surface area contributed by atoms with Crippen LogP contribution in [-0.2, 0) is 13.1 Å². The Labute approximate surface area is 188 Å². The van der Waals surface area contributed by atoms with Gasteiger partial charge < -0.3 is 15.5 Å². The maximum Gasteiger partial charge on any atom is 0.278 e. The molecule has 0 radical (unpaired) electrons. The van der Waals surface area contributed by atoms with Crippen molar-refractivity contribution in [2.24, 2.45) is 0 Å². The SMILES string of the molecule is Cc1cccn2c(=O)c3cc(C(=O)NCc4ccccc4)c(N)[n+](Cc4ccco4)c3nc12. The molecule has 5 aromatic rings. The molecule has 5 rings (SSSR count). The number of nitrogens with two attached hydrogens (primary N) is 1. The molecule has 0 aliphatic rings. The van der Waals surface area contributed by atoms with Crippen LogP contribution in [0, 0.1) is 6.92 Å². The fourth-order valence-electron chi connectivity index (χ4n) is 3.88. The zero-order valence-electron chi connectivity index (χ0n) is 18.0. The highest BCUT2D eigenvalue weighted by Gasteiger charge is 2.25. The Morgan fingerprint density at radius 2 is 1.97 bits per heavy atom. The number of aryl methyl sites for hydroxylation is 1. The number of carbonyl (C=O) groups is 1. The third kappa shape index (κ3) is 3.71. The molecule has 0 saturated carbocycles. The molecule has 0 atom stereocenters. The van der Waals surface area contributed by atoms with Crippen molar-refractivity contribution in [2.75, 3.05) is 5.73 Å². The van der Waals surface area contributed by atoms with Crippen molar-refractivity contribution >= 4 is 28.4 Å². The van der Waals surface area contributed by atoms with E-state index in [9.17, 15) is 9.59 Å². The van der Waals surface area contributed by atoms with Crippen molar-refractivity contribution in [3.63, 3.8) is 0 Å². The number of rotatable bonds is 5. The first-order valence-electron chi connectivity index (χ1n) is 10.5. The van der Waals surface area contributed by atoms with Crippen molar-refractivity contribution in [1.82, 2.24) is 14.7 Å². The van der Waals surface area contributed by atoms with Crippen molar-refractivity contribution in [3.8, 4) is 0 Å². The second kappa shape index (κ2) is 8.23. The minimum Gasteiger partial charge on any atom is -0.466 e. The van der Waals surface area contributed by atoms with Gasteiger partial charge in [-0.15, -0.1) is 0 Å². The molecule has 0 fully saturated rings. The number of hydrogen-bond acceptors (Lipinski definition) is 5. The van der Waals surface area contributed by atoms with E-state index in [2.05, 4.69) is 5.32 Å². The summed E-state index contributed by atoms with van der Waals surface area (Å²) in [5.74, 6) is 0.455. The summed E-state index contributed by atoms with van der Waals surface area (Å²) >= 11 is 0. The summed E-state index contributed by atoms with van der Waals surface area (Å²) in [6.07, 6.45) is 3.23. The number of carbonyl (C=O) groups excluding carboxylic acids is 1. The van der Waals surface area contributed by atoms with Crippen LogP contribution < -0.4 is 21.2 Å². The Morgan fingerprint density at radius 1 is 1.15 bits per heavy atom. The Morgan fingerprint density at radius 3 is 2.73 bits per heavy atom. The molecule has 4 aromatic heterocycles. The van der Waals surface area contributed by atoms with Crippen LogP contribution in [0.4, 0.5) is 5.82 Å². The summed E-state index contributed by atoms with van der Waals surface area (Å²) in [4.78, 5) is 31.2. The Balaban J connectivity index is 1.69. The number of anilines is 1. The maximum atomic E-state index is 13.4. The average molecular weight is 440 g/mol. The van der Waals surface area contributed by atoms with E-state index in [4.69, 9.17) is 15.1 Å². The Hall–Kier alpha value is -4.46. The van der Waals surface area contributed by atoms with Gasteiger partial charge in [-0.2, -0.15) is 0 Å². The molecule has 0 bridgehead atoms. The third-order valence-electron chi connectivity index (χ3n) is 5.61. The molecular formula is C25H22N5O3+. The molecule has 8 nitrogen and oxygen atoms in total. The van der Waals surface area contributed by atoms with E-state index in [1.807, 2.05) is 43.3 Å². The largest absolute Gasteiger partial charge is 0.466 e. The zero-order valence-corrected chi connectivity index (χ0v) is 18.0. The van der Waals surface area contributed by atoms with E-state index in [0.717, 1.165) is 11.1 Å². The molecule has 0 aliphatic carbocycles. The molecule has 1 amide bonds. The highest BCUT2D eigenvalue weighted by molar-refractivity contribution is 6.00. The van der Waals surface area contributed by atoms with E-state index in [0.29, 0.717) is 29.0 Å². The van der Waals surface area contributed by atoms with E-state index in [-0.39, 0.29) is 29.4 Å². The smallest absolute Gasteiger partial charge is 0.278 e. The third-order valence-corrected chi connectivity index (χ3v) is 5.61. The highest BCUT2D eigenvalue weighted by Crippen LogP contribution is 2.17. The lowest BCUT2D eigenvalue weighted by molar-refractivity contribution is -0.651. The van der Waals surface area contributed by atoms with Gasteiger partial charge in [0, 0.05) is 18.3 Å². The van der Waals surface area contributed by atoms with E-state index in [1.165, 1.54) is 10.5 Å². The first kappa shape index (κ1) is 20.4. The minimum atomic E-state index is -0.375. The van der Waals surface area contributed by atoms with Crippen molar-refractivity contribution < 1.29 is 13.8 Å². The number of benzene rings is 1. The van der Waals surface area contributed by atoms with Gasteiger partial charge >= 0.3 is 0 Å². The summed E-state index contributed by atoms with van der Waals surface area (Å²) in [6, 6.07) is 18.3. The number of pyridine rings is 2. The topological polar surface area (TPSA) is 107 Å². The predicted molar refractivity (Wildman–Crippen MR) is 124 cm³/mol. The van der Waals surface area contributed by atoms with Gasteiger partial charge in [0.1, 0.15) is 23.3 Å². The van der Waals surface area contributed by atoms with Crippen molar-refractivity contribution in [2.45, 2.75) is 20.0 Å². The number of hydrogen-bond donors (Lipinski definition) is 2. The van der Waals surface area contributed by atoms with Gasteiger partial charge in [-0.3, -0.25) is 14.0 Å². The van der Waals surface area contributed by atoms with Gasteiger partial charge in [0.25, 0.3) is 17.1 Å². The molecule has 3 N–H and O–H groups in total.